The van der Waals surface area contributed by atoms with Gasteiger partial charge in [0, 0.05) is 12.1 Å². The van der Waals surface area contributed by atoms with Crippen molar-refractivity contribution >= 4 is 11.4 Å². The van der Waals surface area contributed by atoms with E-state index in [0.29, 0.717) is 11.5 Å². The molecule has 96 valence electrons. The van der Waals surface area contributed by atoms with E-state index in [0.717, 1.165) is 5.56 Å². The zero-order valence-corrected chi connectivity index (χ0v) is 10.3. The molecular weight excluding hydrogens is 244 g/mol. The molecule has 0 amide bonds. The minimum atomic E-state index is -0.434. The molecule has 2 aromatic rings. The van der Waals surface area contributed by atoms with Gasteiger partial charge in [-0.15, -0.1) is 0 Å². The zero-order chi connectivity index (χ0) is 13.7. The molecule has 0 heterocycles. The summed E-state index contributed by atoms with van der Waals surface area (Å²) in [7, 11) is 0. The van der Waals surface area contributed by atoms with E-state index in [2.05, 4.69) is 5.16 Å². The Bertz CT molecular complexity index is 592. The monoisotopic (exact) mass is 256 g/mol. The first-order valence-corrected chi connectivity index (χ1v) is 5.68. The summed E-state index contributed by atoms with van der Waals surface area (Å²) in [6.07, 6.45) is 0. The van der Waals surface area contributed by atoms with Crippen molar-refractivity contribution in [2.75, 3.05) is 0 Å². The van der Waals surface area contributed by atoms with Gasteiger partial charge in [0.1, 0.15) is 0 Å². The van der Waals surface area contributed by atoms with Crippen molar-refractivity contribution in [3.63, 3.8) is 0 Å². The van der Waals surface area contributed by atoms with Crippen LogP contribution in [0.4, 0.5) is 5.69 Å². The van der Waals surface area contributed by atoms with Crippen molar-refractivity contribution < 1.29 is 9.76 Å². The second-order valence-corrected chi connectivity index (χ2v) is 3.89. The van der Waals surface area contributed by atoms with Crippen molar-refractivity contribution in [2.24, 2.45) is 5.16 Å². The number of oxime groups is 1. The van der Waals surface area contributed by atoms with Gasteiger partial charge in [-0.2, -0.15) is 0 Å². The molecule has 0 aliphatic carbocycles. The number of hydrogen-bond acceptors (Lipinski definition) is 4. The number of para-hydroxylation sites is 1. The summed E-state index contributed by atoms with van der Waals surface area (Å²) in [5, 5.41) is 14.5. The minimum Gasteiger partial charge on any atom is -0.357 e. The third kappa shape index (κ3) is 3.38. The van der Waals surface area contributed by atoms with Crippen LogP contribution < -0.4 is 4.84 Å². The lowest BCUT2D eigenvalue weighted by Gasteiger charge is -2.01. The number of rotatable bonds is 4. The maximum Gasteiger partial charge on any atom is 0.269 e. The largest absolute Gasteiger partial charge is 0.357 e. The van der Waals surface area contributed by atoms with Gasteiger partial charge in [-0.05, 0) is 36.8 Å². The summed E-state index contributed by atoms with van der Waals surface area (Å²) in [5.41, 5.74) is 1.49. The van der Waals surface area contributed by atoms with Crippen molar-refractivity contribution in [3.05, 3.63) is 70.3 Å². The standard InChI is InChI=1S/C14H12N2O3/c1-11(15-19-14-5-3-2-4-6-14)12-7-9-13(10-8-12)16(17)18/h2-10H,1H3/b15-11+. The van der Waals surface area contributed by atoms with Crippen molar-refractivity contribution in [1.29, 1.82) is 0 Å². The van der Waals surface area contributed by atoms with Crippen LogP contribution >= 0.6 is 0 Å². The van der Waals surface area contributed by atoms with E-state index in [-0.39, 0.29) is 5.69 Å². The van der Waals surface area contributed by atoms with E-state index in [1.807, 2.05) is 18.2 Å². The SMILES string of the molecule is C/C(=N\Oc1ccccc1)c1ccc([N+](=O)[O-])cc1. The van der Waals surface area contributed by atoms with Gasteiger partial charge in [0.05, 0.1) is 10.6 Å². The van der Waals surface area contributed by atoms with E-state index in [1.54, 1.807) is 31.2 Å². The molecule has 0 aliphatic heterocycles. The molecule has 2 aromatic carbocycles. The molecule has 2 rings (SSSR count). The number of nitro groups is 1. The van der Waals surface area contributed by atoms with Crippen LogP contribution in [0.3, 0.4) is 0 Å². The van der Waals surface area contributed by atoms with Crippen LogP contribution in [-0.4, -0.2) is 10.6 Å². The molecule has 0 unspecified atom stereocenters. The van der Waals surface area contributed by atoms with Gasteiger partial charge < -0.3 is 4.84 Å². The van der Waals surface area contributed by atoms with Crippen LogP contribution in [0, 0.1) is 10.1 Å². The molecular formula is C14H12N2O3. The fraction of sp³-hybridized carbons (Fsp3) is 0.0714. The topological polar surface area (TPSA) is 64.7 Å². The van der Waals surface area contributed by atoms with Gasteiger partial charge in [-0.3, -0.25) is 10.1 Å². The molecule has 0 N–H and O–H groups in total. The summed E-state index contributed by atoms with van der Waals surface area (Å²) in [4.78, 5) is 15.4. The molecule has 0 radical (unpaired) electrons. The lowest BCUT2D eigenvalue weighted by molar-refractivity contribution is -0.384. The van der Waals surface area contributed by atoms with Gasteiger partial charge in [0.15, 0.2) is 5.75 Å². The minimum absolute atomic E-state index is 0.0560. The first-order valence-electron chi connectivity index (χ1n) is 5.68. The maximum atomic E-state index is 10.5. The Morgan fingerprint density at radius 1 is 1.11 bits per heavy atom. The first-order chi connectivity index (χ1) is 9.16. The van der Waals surface area contributed by atoms with Gasteiger partial charge in [-0.25, -0.2) is 0 Å². The average Bonchev–Trinajstić information content (AvgIpc) is 2.46. The predicted octanol–water partition coefficient (Wildman–Crippen LogP) is 3.40. The number of benzene rings is 2. The Labute approximate surface area is 110 Å². The van der Waals surface area contributed by atoms with Gasteiger partial charge >= 0.3 is 0 Å². The highest BCUT2D eigenvalue weighted by Crippen LogP contribution is 2.13. The van der Waals surface area contributed by atoms with Crippen molar-refractivity contribution in [2.45, 2.75) is 6.92 Å². The summed E-state index contributed by atoms with van der Waals surface area (Å²) in [6, 6.07) is 15.4. The molecule has 0 aromatic heterocycles. The highest BCUT2D eigenvalue weighted by Gasteiger charge is 2.05. The van der Waals surface area contributed by atoms with Gasteiger partial charge in [-0.1, -0.05) is 23.4 Å². The zero-order valence-electron chi connectivity index (χ0n) is 10.3. The Morgan fingerprint density at radius 3 is 2.32 bits per heavy atom. The second-order valence-electron chi connectivity index (χ2n) is 3.89. The van der Waals surface area contributed by atoms with Crippen LogP contribution in [-0.2, 0) is 0 Å². The third-order valence-corrected chi connectivity index (χ3v) is 2.53. The molecule has 5 heteroatoms. The van der Waals surface area contributed by atoms with Crippen LogP contribution in [0.5, 0.6) is 5.75 Å². The normalized spacial score (nSPS) is 11.1. The number of hydrogen-bond donors (Lipinski definition) is 0. The Balaban J connectivity index is 2.10. The van der Waals surface area contributed by atoms with Crippen LogP contribution in [0.15, 0.2) is 59.8 Å². The van der Waals surface area contributed by atoms with E-state index in [9.17, 15) is 10.1 Å². The van der Waals surface area contributed by atoms with Crippen LogP contribution in [0.25, 0.3) is 0 Å². The second kappa shape index (κ2) is 5.77. The molecule has 0 saturated carbocycles. The first kappa shape index (κ1) is 12.8. The lowest BCUT2D eigenvalue weighted by Crippen LogP contribution is -1.98. The van der Waals surface area contributed by atoms with Crippen LogP contribution in [0.2, 0.25) is 0 Å². The van der Waals surface area contributed by atoms with Gasteiger partial charge in [0.25, 0.3) is 5.69 Å². The van der Waals surface area contributed by atoms with Crippen molar-refractivity contribution in [1.82, 2.24) is 0 Å². The summed E-state index contributed by atoms with van der Waals surface area (Å²) in [5.74, 6) is 0.642. The fourth-order valence-corrected chi connectivity index (χ4v) is 1.48. The van der Waals surface area contributed by atoms with E-state index >= 15 is 0 Å². The van der Waals surface area contributed by atoms with E-state index in [4.69, 9.17) is 4.84 Å². The highest BCUT2D eigenvalue weighted by atomic mass is 16.6. The van der Waals surface area contributed by atoms with E-state index < -0.39 is 4.92 Å². The molecule has 0 saturated heterocycles. The van der Waals surface area contributed by atoms with E-state index in [1.165, 1.54) is 12.1 Å². The van der Waals surface area contributed by atoms with Gasteiger partial charge in [0.2, 0.25) is 0 Å². The third-order valence-electron chi connectivity index (χ3n) is 2.53. The Morgan fingerprint density at radius 2 is 1.74 bits per heavy atom. The molecule has 0 atom stereocenters. The maximum absolute atomic E-state index is 10.5. The molecule has 0 fully saturated rings. The predicted molar refractivity (Wildman–Crippen MR) is 72.4 cm³/mol. The smallest absolute Gasteiger partial charge is 0.269 e. The number of nitro benzene ring substituents is 1. The molecule has 0 spiro atoms. The summed E-state index contributed by atoms with van der Waals surface area (Å²) >= 11 is 0. The molecule has 0 aliphatic rings. The van der Waals surface area contributed by atoms with Crippen LogP contribution in [0.1, 0.15) is 12.5 Å². The fourth-order valence-electron chi connectivity index (χ4n) is 1.48. The highest BCUT2D eigenvalue weighted by molar-refractivity contribution is 5.98. The summed E-state index contributed by atoms with van der Waals surface area (Å²) in [6.45, 7) is 1.78. The quantitative estimate of drug-likeness (QED) is 0.478. The number of nitrogens with zero attached hydrogens (tertiary/aromatic N) is 2. The molecule has 19 heavy (non-hydrogen) atoms. The average molecular weight is 256 g/mol. The summed E-state index contributed by atoms with van der Waals surface area (Å²) < 4.78 is 0. The van der Waals surface area contributed by atoms with Crippen molar-refractivity contribution in [3.8, 4) is 5.75 Å². The molecule has 0 bridgehead atoms. The Hall–Kier alpha value is -2.69. The lowest BCUT2D eigenvalue weighted by atomic mass is 10.1. The molecule has 5 nitrogen and oxygen atoms in total. The Kier molecular flexibility index (Phi) is 3.87. The number of non-ortho nitro benzene ring substituents is 1.